The molecule has 1 saturated heterocycles. The van der Waals surface area contributed by atoms with Crippen LogP contribution in [0.15, 0.2) is 54.7 Å². The predicted octanol–water partition coefficient (Wildman–Crippen LogP) is 9.91. The van der Waals surface area contributed by atoms with Crippen LogP contribution in [0.5, 0.6) is 0 Å². The van der Waals surface area contributed by atoms with Gasteiger partial charge in [-0.15, -0.1) is 0 Å². The van der Waals surface area contributed by atoms with Crippen molar-refractivity contribution in [1.29, 1.82) is 0 Å². The van der Waals surface area contributed by atoms with Crippen LogP contribution in [0.3, 0.4) is 0 Å². The molecular weight excluding hydrogens is 713 g/mol. The summed E-state index contributed by atoms with van der Waals surface area (Å²) in [6.45, 7) is 25.0. The number of benzene rings is 2. The molecule has 12 nitrogen and oxygen atoms in total. The van der Waals surface area contributed by atoms with Gasteiger partial charge in [0.2, 0.25) is 0 Å². The van der Waals surface area contributed by atoms with Crippen molar-refractivity contribution in [3.05, 3.63) is 77.0 Å². The van der Waals surface area contributed by atoms with Crippen molar-refractivity contribution >= 4 is 29.9 Å². The van der Waals surface area contributed by atoms with Crippen LogP contribution in [0.25, 0.3) is 5.57 Å². The Kier molecular flexibility index (Phi) is 15.8. The Morgan fingerprint density at radius 1 is 0.625 bits per heavy atom. The monoisotopic (exact) mass is 778 g/mol. The average Bonchev–Trinajstić information content (AvgIpc) is 3.07. The highest BCUT2D eigenvalue weighted by Gasteiger charge is 2.30. The van der Waals surface area contributed by atoms with Crippen LogP contribution in [-0.4, -0.2) is 76.2 Å². The van der Waals surface area contributed by atoms with E-state index in [1.807, 2.05) is 132 Å². The van der Waals surface area contributed by atoms with E-state index >= 15 is 0 Å². The molecule has 2 aromatic rings. The first-order valence-corrected chi connectivity index (χ1v) is 19.7. The van der Waals surface area contributed by atoms with Crippen molar-refractivity contribution in [1.82, 2.24) is 20.4 Å². The molecule has 1 unspecified atom stereocenters. The zero-order valence-electron chi connectivity index (χ0n) is 35.8. The molecule has 56 heavy (non-hydrogen) atoms. The molecule has 2 N–H and O–H groups in total. The summed E-state index contributed by atoms with van der Waals surface area (Å²) >= 11 is 0. The summed E-state index contributed by atoms with van der Waals surface area (Å²) in [5.41, 5.74) is 3.16. The fourth-order valence-corrected chi connectivity index (χ4v) is 6.19. The number of ether oxygens (including phenoxy) is 4. The van der Waals surface area contributed by atoms with E-state index in [0.717, 1.165) is 53.5 Å². The number of hydrogen-bond donors (Lipinski definition) is 2. The molecule has 1 atom stereocenters. The van der Waals surface area contributed by atoms with Gasteiger partial charge in [-0.05, 0) is 137 Å². The molecule has 0 bridgehead atoms. The first-order chi connectivity index (χ1) is 25.9. The number of nitrogens with zero attached hydrogens (tertiary/aromatic N) is 2. The van der Waals surface area contributed by atoms with E-state index < -0.39 is 34.6 Å². The summed E-state index contributed by atoms with van der Waals surface area (Å²) in [6, 6.07) is 15.9. The van der Waals surface area contributed by atoms with E-state index in [9.17, 15) is 19.2 Å². The molecule has 4 amide bonds. The summed E-state index contributed by atoms with van der Waals surface area (Å²) in [4.78, 5) is 52.2. The highest BCUT2D eigenvalue weighted by molar-refractivity contribution is 5.76. The van der Waals surface area contributed by atoms with Crippen molar-refractivity contribution in [2.75, 3.05) is 19.6 Å². The molecule has 310 valence electrons. The maximum atomic E-state index is 12.5. The topological polar surface area (TPSA) is 136 Å². The third-order valence-corrected chi connectivity index (χ3v) is 8.36. The molecule has 4 rings (SSSR count). The van der Waals surface area contributed by atoms with E-state index in [0.29, 0.717) is 32.7 Å². The Labute approximate surface area is 334 Å². The zero-order valence-corrected chi connectivity index (χ0v) is 35.8. The van der Waals surface area contributed by atoms with Crippen molar-refractivity contribution in [3.8, 4) is 0 Å². The largest absolute Gasteiger partial charge is 0.444 e. The molecule has 2 aliphatic rings. The van der Waals surface area contributed by atoms with Crippen LogP contribution in [0.4, 0.5) is 19.2 Å². The van der Waals surface area contributed by atoms with Crippen LogP contribution in [0.1, 0.15) is 137 Å². The second-order valence-electron chi connectivity index (χ2n) is 18.3. The number of likely N-dealkylation sites (tertiary alicyclic amines) is 1. The van der Waals surface area contributed by atoms with Crippen LogP contribution >= 0.6 is 0 Å². The SMILES string of the molecule is CC(C)(C)OC(=O)NCc1ccccc1C1=CN(C(=O)OC(C)(C)C)CCC1.CC(C)(C)OC(=O)NCc1ccccc1C1CCCN(C(=O)OC(C)(C)C)C1. The molecule has 0 saturated carbocycles. The molecular formula is C44H66N4O8. The Hall–Kier alpha value is -4.74. The summed E-state index contributed by atoms with van der Waals surface area (Å²) < 4.78 is 21.6. The molecule has 0 aliphatic carbocycles. The summed E-state index contributed by atoms with van der Waals surface area (Å²) in [6.07, 6.45) is 4.04. The number of amides is 4. The van der Waals surface area contributed by atoms with Crippen LogP contribution in [-0.2, 0) is 32.0 Å². The van der Waals surface area contributed by atoms with Gasteiger partial charge in [-0.2, -0.15) is 0 Å². The van der Waals surface area contributed by atoms with E-state index in [2.05, 4.69) is 16.7 Å². The molecule has 12 heteroatoms. The molecule has 0 spiro atoms. The fourth-order valence-electron chi connectivity index (χ4n) is 6.19. The minimum absolute atomic E-state index is 0.220. The number of carbonyl (C=O) groups excluding carboxylic acids is 4. The fraction of sp³-hybridized carbons (Fsp3) is 0.591. The summed E-state index contributed by atoms with van der Waals surface area (Å²) in [5.74, 6) is 0.220. The zero-order chi connectivity index (χ0) is 41.9. The highest BCUT2D eigenvalue weighted by atomic mass is 16.6. The third-order valence-electron chi connectivity index (χ3n) is 8.36. The number of piperidine rings is 1. The number of carbonyl (C=O) groups is 4. The lowest BCUT2D eigenvalue weighted by molar-refractivity contribution is 0.0197. The minimum Gasteiger partial charge on any atom is -0.444 e. The van der Waals surface area contributed by atoms with Crippen LogP contribution < -0.4 is 10.6 Å². The van der Waals surface area contributed by atoms with E-state index in [4.69, 9.17) is 18.9 Å². The van der Waals surface area contributed by atoms with Gasteiger partial charge < -0.3 is 34.5 Å². The molecule has 0 aromatic heterocycles. The summed E-state index contributed by atoms with van der Waals surface area (Å²) in [7, 11) is 0. The van der Waals surface area contributed by atoms with Gasteiger partial charge in [-0.1, -0.05) is 48.5 Å². The normalized spacial score (nSPS) is 16.4. The van der Waals surface area contributed by atoms with Crippen LogP contribution in [0.2, 0.25) is 0 Å². The van der Waals surface area contributed by atoms with Crippen molar-refractivity contribution in [3.63, 3.8) is 0 Å². The number of allylic oxidation sites excluding steroid dienone is 1. The summed E-state index contributed by atoms with van der Waals surface area (Å²) in [5, 5.41) is 5.64. The van der Waals surface area contributed by atoms with Gasteiger partial charge in [0.15, 0.2) is 0 Å². The van der Waals surface area contributed by atoms with Crippen molar-refractivity contribution in [2.45, 2.75) is 150 Å². The molecule has 2 aromatic carbocycles. The molecule has 2 heterocycles. The van der Waals surface area contributed by atoms with E-state index in [1.165, 1.54) is 0 Å². The van der Waals surface area contributed by atoms with Gasteiger partial charge in [0, 0.05) is 44.8 Å². The Bertz CT molecular complexity index is 1680. The Morgan fingerprint density at radius 2 is 1.12 bits per heavy atom. The second-order valence-corrected chi connectivity index (χ2v) is 18.3. The van der Waals surface area contributed by atoms with E-state index in [1.54, 1.807) is 9.80 Å². The van der Waals surface area contributed by atoms with Crippen molar-refractivity contribution in [2.24, 2.45) is 0 Å². The van der Waals surface area contributed by atoms with E-state index in [-0.39, 0.29) is 18.1 Å². The molecule has 1 fully saturated rings. The van der Waals surface area contributed by atoms with Gasteiger partial charge in [0.25, 0.3) is 0 Å². The van der Waals surface area contributed by atoms with Gasteiger partial charge in [-0.3, -0.25) is 4.90 Å². The maximum Gasteiger partial charge on any atom is 0.414 e. The maximum absolute atomic E-state index is 12.5. The van der Waals surface area contributed by atoms with Gasteiger partial charge in [0.05, 0.1) is 0 Å². The lowest BCUT2D eigenvalue weighted by Gasteiger charge is -2.35. The third kappa shape index (κ3) is 16.5. The van der Waals surface area contributed by atoms with Crippen LogP contribution in [0, 0.1) is 0 Å². The standard InChI is InChI=1S/C22H34N2O4.C22H32N2O4/c2*1-21(2,3)27-19(25)23-14-16-10-7-8-12-18(16)17-11-9-13-24(15-17)20(26)28-22(4,5)6/h7-8,10,12,17H,9,11,13-15H2,1-6H3,(H,23,25);7-8,10,12,15H,9,11,13-14H2,1-6H3,(H,23,25). The Balaban J connectivity index is 0.000000300. The minimum atomic E-state index is -0.538. The average molecular weight is 779 g/mol. The molecule has 0 radical (unpaired) electrons. The quantitative estimate of drug-likeness (QED) is 0.277. The number of hydrogen-bond acceptors (Lipinski definition) is 8. The molecule has 2 aliphatic heterocycles. The lowest BCUT2D eigenvalue weighted by Crippen LogP contribution is -2.42. The lowest BCUT2D eigenvalue weighted by atomic mass is 9.87. The first-order valence-electron chi connectivity index (χ1n) is 19.7. The smallest absolute Gasteiger partial charge is 0.414 e. The predicted molar refractivity (Wildman–Crippen MR) is 219 cm³/mol. The van der Waals surface area contributed by atoms with Gasteiger partial charge >= 0.3 is 24.4 Å². The number of alkyl carbamates (subject to hydrolysis) is 2. The number of nitrogens with one attached hydrogen (secondary N) is 2. The van der Waals surface area contributed by atoms with Gasteiger partial charge in [0.1, 0.15) is 22.4 Å². The first kappa shape index (κ1) is 45.6. The second kappa shape index (κ2) is 19.4. The van der Waals surface area contributed by atoms with Crippen molar-refractivity contribution < 1.29 is 38.1 Å². The van der Waals surface area contributed by atoms with Gasteiger partial charge in [-0.25, -0.2) is 19.2 Å². The Morgan fingerprint density at radius 3 is 1.70 bits per heavy atom. The number of rotatable bonds is 6. The highest BCUT2D eigenvalue weighted by Crippen LogP contribution is 2.31.